The lowest BCUT2D eigenvalue weighted by atomic mass is 9.83. The summed E-state index contributed by atoms with van der Waals surface area (Å²) >= 11 is 0. The highest BCUT2D eigenvalue weighted by Gasteiger charge is 2.53. The minimum Gasteiger partial charge on any atom is -0.515 e. The molecule has 1 heterocycles. The van der Waals surface area contributed by atoms with Crippen molar-refractivity contribution in [2.45, 2.75) is 12.0 Å². The third-order valence-corrected chi connectivity index (χ3v) is 4.99. The molecule has 3 aromatic carbocycles. The van der Waals surface area contributed by atoms with Crippen LogP contribution >= 0.6 is 0 Å². The van der Waals surface area contributed by atoms with Crippen molar-refractivity contribution in [2.75, 3.05) is 6.61 Å². The summed E-state index contributed by atoms with van der Waals surface area (Å²) in [6.07, 6.45) is -3.61. The molecule has 0 saturated carbocycles. The summed E-state index contributed by atoms with van der Waals surface area (Å²) in [4.78, 5) is 12.6. The minimum atomic E-state index is -3.10. The summed E-state index contributed by atoms with van der Waals surface area (Å²) in [6, 6.07) is 21.0. The topological polar surface area (TPSA) is 65.0 Å². The van der Waals surface area contributed by atoms with Gasteiger partial charge in [-0.1, -0.05) is 66.7 Å². The number of carbonyl (C=O) groups excluding carboxylic acids is 1. The van der Waals surface area contributed by atoms with E-state index in [1.54, 1.807) is 54.6 Å². The van der Waals surface area contributed by atoms with E-state index in [9.17, 15) is 18.7 Å². The number of ether oxygens (including phenoxy) is 3. The summed E-state index contributed by atoms with van der Waals surface area (Å²) in [6.45, 7) is -0.363. The predicted molar refractivity (Wildman–Crippen MR) is 109 cm³/mol. The van der Waals surface area contributed by atoms with Crippen LogP contribution in [0.5, 0.6) is 11.5 Å². The number of aliphatic hydroxyl groups is 1. The molecule has 5 nitrogen and oxygen atoms in total. The van der Waals surface area contributed by atoms with E-state index in [-0.39, 0.29) is 34.8 Å². The second kappa shape index (κ2) is 8.47. The first-order chi connectivity index (χ1) is 15.1. The van der Waals surface area contributed by atoms with Gasteiger partial charge in [0, 0.05) is 16.7 Å². The van der Waals surface area contributed by atoms with E-state index in [2.05, 4.69) is 0 Å². The maximum Gasteiger partial charge on any atom is 0.510 e. The Morgan fingerprint density at radius 2 is 1.48 bits per heavy atom. The molecule has 0 atom stereocenters. The fraction of sp³-hybridized carbons (Fsp3) is 0.125. The van der Waals surface area contributed by atoms with E-state index in [1.807, 2.05) is 0 Å². The average Bonchev–Trinajstić information content (AvgIpc) is 2.80. The van der Waals surface area contributed by atoms with Gasteiger partial charge >= 0.3 is 6.16 Å². The van der Waals surface area contributed by atoms with Crippen LogP contribution in [-0.4, -0.2) is 24.3 Å². The van der Waals surface area contributed by atoms with Crippen LogP contribution in [0.4, 0.5) is 13.6 Å². The molecule has 3 aromatic rings. The highest BCUT2D eigenvalue weighted by molar-refractivity contribution is 5.70. The van der Waals surface area contributed by atoms with E-state index in [1.165, 1.54) is 24.3 Å². The Morgan fingerprint density at radius 3 is 2.03 bits per heavy atom. The monoisotopic (exact) mass is 424 g/mol. The summed E-state index contributed by atoms with van der Waals surface area (Å²) in [5.74, 6) is 0.323. The molecule has 0 aliphatic carbocycles. The zero-order valence-corrected chi connectivity index (χ0v) is 16.2. The van der Waals surface area contributed by atoms with Crippen LogP contribution < -0.4 is 4.74 Å². The van der Waals surface area contributed by atoms with Crippen molar-refractivity contribution in [1.29, 1.82) is 0 Å². The first-order valence-corrected chi connectivity index (χ1v) is 9.45. The van der Waals surface area contributed by atoms with E-state index in [0.29, 0.717) is 5.56 Å². The first kappa shape index (κ1) is 20.4. The number of halogens is 2. The second-order valence-electron chi connectivity index (χ2n) is 6.79. The Hall–Kier alpha value is -3.87. The lowest BCUT2D eigenvalue weighted by Gasteiger charge is -2.38. The predicted octanol–water partition coefficient (Wildman–Crippen LogP) is 6.05. The van der Waals surface area contributed by atoms with E-state index >= 15 is 0 Å². The van der Waals surface area contributed by atoms with Gasteiger partial charge in [0.25, 0.3) is 6.43 Å². The lowest BCUT2D eigenvalue weighted by Crippen LogP contribution is -2.43. The molecule has 158 valence electrons. The van der Waals surface area contributed by atoms with Crippen LogP contribution in [0.3, 0.4) is 0 Å². The van der Waals surface area contributed by atoms with Crippen molar-refractivity contribution >= 4 is 11.7 Å². The molecule has 0 amide bonds. The molecule has 0 fully saturated rings. The average molecular weight is 424 g/mol. The zero-order valence-electron chi connectivity index (χ0n) is 16.2. The van der Waals surface area contributed by atoms with Gasteiger partial charge in [-0.15, -0.1) is 0 Å². The Morgan fingerprint density at radius 1 is 0.935 bits per heavy atom. The van der Waals surface area contributed by atoms with E-state index in [0.717, 1.165) is 6.26 Å². The van der Waals surface area contributed by atoms with Gasteiger partial charge in [0.1, 0.15) is 18.1 Å². The van der Waals surface area contributed by atoms with Crippen molar-refractivity contribution in [3.63, 3.8) is 0 Å². The zero-order chi connectivity index (χ0) is 21.8. The van der Waals surface area contributed by atoms with Crippen LogP contribution in [0.15, 0.2) is 85.1 Å². The van der Waals surface area contributed by atoms with Crippen LogP contribution in [0.1, 0.15) is 16.7 Å². The van der Waals surface area contributed by atoms with Crippen molar-refractivity contribution in [3.05, 3.63) is 102 Å². The molecule has 1 N–H and O–H groups in total. The maximum absolute atomic E-state index is 14.6. The van der Waals surface area contributed by atoms with Crippen LogP contribution in [0.2, 0.25) is 0 Å². The van der Waals surface area contributed by atoms with Crippen molar-refractivity contribution in [3.8, 4) is 11.5 Å². The van der Waals surface area contributed by atoms with Crippen molar-refractivity contribution < 1.29 is 32.9 Å². The summed E-state index contributed by atoms with van der Waals surface area (Å²) in [5, 5.41) is 9.48. The largest absolute Gasteiger partial charge is 0.515 e. The summed E-state index contributed by atoms with van der Waals surface area (Å²) in [5.41, 5.74) is -1.47. The van der Waals surface area contributed by atoms with Gasteiger partial charge in [-0.25, -0.2) is 13.6 Å². The van der Waals surface area contributed by atoms with Gasteiger partial charge in [-0.05, 0) is 17.7 Å². The number of alkyl halides is 2. The summed E-state index contributed by atoms with van der Waals surface area (Å²) in [7, 11) is 0. The molecular formula is C24H18F2O5. The normalized spacial score (nSPS) is 14.2. The highest BCUT2D eigenvalue weighted by atomic mass is 19.3. The smallest absolute Gasteiger partial charge is 0.510 e. The molecule has 0 aromatic heterocycles. The number of fused-ring (bicyclic) bond motifs is 2. The second-order valence-corrected chi connectivity index (χ2v) is 6.79. The fourth-order valence-corrected chi connectivity index (χ4v) is 3.52. The van der Waals surface area contributed by atoms with Crippen LogP contribution in [-0.2, 0) is 15.1 Å². The molecule has 0 unspecified atom stereocenters. The number of carbonyl (C=O) groups is 1. The molecule has 0 saturated heterocycles. The lowest BCUT2D eigenvalue weighted by molar-refractivity contribution is -0.103. The number of benzene rings is 3. The Bertz CT molecular complexity index is 1070. The molecule has 1 aliphatic rings. The van der Waals surface area contributed by atoms with Gasteiger partial charge in [0.05, 0.1) is 6.26 Å². The minimum absolute atomic E-state index is 0.0154. The fourth-order valence-electron chi connectivity index (χ4n) is 3.52. The number of aliphatic hydroxyl groups excluding tert-OH is 1. The Kier molecular flexibility index (Phi) is 5.58. The molecule has 4 rings (SSSR count). The van der Waals surface area contributed by atoms with Crippen LogP contribution in [0, 0.1) is 0 Å². The van der Waals surface area contributed by atoms with Gasteiger partial charge in [0.15, 0.2) is 0 Å². The number of hydrogen-bond donors (Lipinski definition) is 1. The van der Waals surface area contributed by atoms with Gasteiger partial charge < -0.3 is 19.3 Å². The SMILES string of the molecule is O=C(OCC(=CO)c1ccccc1)OC1(C(F)F)c2ccccc2Oc2ccccc21. The van der Waals surface area contributed by atoms with Gasteiger partial charge in [0.2, 0.25) is 5.60 Å². The highest BCUT2D eigenvalue weighted by Crippen LogP contribution is 2.51. The molecule has 1 aliphatic heterocycles. The van der Waals surface area contributed by atoms with E-state index in [4.69, 9.17) is 14.2 Å². The third-order valence-electron chi connectivity index (χ3n) is 4.99. The molecule has 7 heteroatoms. The Balaban J connectivity index is 1.65. The molecule has 0 spiro atoms. The molecular weight excluding hydrogens is 406 g/mol. The van der Waals surface area contributed by atoms with Crippen molar-refractivity contribution in [1.82, 2.24) is 0 Å². The Labute approximate surface area is 177 Å². The number of para-hydroxylation sites is 2. The van der Waals surface area contributed by atoms with Gasteiger partial charge in [-0.2, -0.15) is 0 Å². The standard InChI is InChI=1S/C24H18F2O5/c25-22(26)24(31-23(28)29-15-17(14-27)16-8-2-1-3-9-16)18-10-4-6-12-20(18)30-21-13-7-5-11-19(21)24/h1-14,22,27H,15H2. The maximum atomic E-state index is 14.6. The summed E-state index contributed by atoms with van der Waals surface area (Å²) < 4.78 is 45.3. The molecule has 31 heavy (non-hydrogen) atoms. The van der Waals surface area contributed by atoms with E-state index < -0.39 is 18.2 Å². The first-order valence-electron chi connectivity index (χ1n) is 9.45. The third kappa shape index (κ3) is 3.70. The molecule has 0 bridgehead atoms. The molecule has 0 radical (unpaired) electrons. The van der Waals surface area contributed by atoms with Crippen molar-refractivity contribution in [2.24, 2.45) is 0 Å². The number of rotatable bonds is 5. The van der Waals surface area contributed by atoms with Crippen LogP contribution in [0.25, 0.3) is 5.57 Å². The quantitative estimate of drug-likeness (QED) is 0.399. The van der Waals surface area contributed by atoms with Gasteiger partial charge in [-0.3, -0.25) is 0 Å². The number of hydrogen-bond acceptors (Lipinski definition) is 5.